The summed E-state index contributed by atoms with van der Waals surface area (Å²) in [4.78, 5) is 28.3. The van der Waals surface area contributed by atoms with Gasteiger partial charge >= 0.3 is 0 Å². The molecular weight excluding hydrogens is 468 g/mol. The summed E-state index contributed by atoms with van der Waals surface area (Å²) in [6, 6.07) is 9.65. The van der Waals surface area contributed by atoms with Gasteiger partial charge in [-0.15, -0.1) is 0 Å². The van der Waals surface area contributed by atoms with Crippen LogP contribution in [0.4, 0.5) is 5.82 Å². The Labute approximate surface area is 209 Å². The van der Waals surface area contributed by atoms with Crippen LogP contribution >= 0.6 is 24.0 Å². The first kappa shape index (κ1) is 25.5. The first-order valence-electron chi connectivity index (χ1n) is 11.1. The van der Waals surface area contributed by atoms with E-state index in [0.29, 0.717) is 39.3 Å². The fourth-order valence-electron chi connectivity index (χ4n) is 3.76. The number of ether oxygens (including phenoxy) is 1. The van der Waals surface area contributed by atoms with Gasteiger partial charge in [0.05, 0.1) is 12.0 Å². The lowest BCUT2D eigenvalue weighted by atomic mass is 10.0. The molecule has 2 aromatic rings. The Morgan fingerprint density at radius 2 is 1.94 bits per heavy atom. The molecule has 0 aliphatic carbocycles. The fraction of sp³-hybridized carbons (Fsp3) is 0.360. The molecule has 1 atom stereocenters. The molecule has 1 fully saturated rings. The first-order chi connectivity index (χ1) is 16.3. The minimum atomic E-state index is -0.357. The van der Waals surface area contributed by atoms with Crippen molar-refractivity contribution in [2.45, 2.75) is 53.2 Å². The Hall–Kier alpha value is -3.09. The van der Waals surface area contributed by atoms with E-state index in [0.717, 1.165) is 17.7 Å². The van der Waals surface area contributed by atoms with E-state index in [4.69, 9.17) is 17.0 Å². The van der Waals surface area contributed by atoms with Gasteiger partial charge in [-0.2, -0.15) is 5.26 Å². The van der Waals surface area contributed by atoms with E-state index >= 15 is 0 Å². The molecule has 1 aromatic heterocycles. The van der Waals surface area contributed by atoms with Crippen LogP contribution < -0.4 is 15.6 Å². The van der Waals surface area contributed by atoms with Gasteiger partial charge in [-0.25, -0.2) is 0 Å². The normalized spacial score (nSPS) is 15.5. The van der Waals surface area contributed by atoms with Crippen LogP contribution in [0.2, 0.25) is 0 Å². The Kier molecular flexibility index (Phi) is 8.18. The molecule has 1 aromatic carbocycles. The fourth-order valence-corrected chi connectivity index (χ4v) is 5.20. The number of thioether (sulfide) groups is 1. The molecule has 1 aliphatic rings. The highest BCUT2D eigenvalue weighted by molar-refractivity contribution is 8.26. The molecule has 1 N–H and O–H groups in total. The number of rotatable bonds is 8. The van der Waals surface area contributed by atoms with Crippen molar-refractivity contribution >= 4 is 46.1 Å². The van der Waals surface area contributed by atoms with E-state index in [9.17, 15) is 14.9 Å². The minimum Gasteiger partial charge on any atom is -0.497 e. The molecule has 0 radical (unpaired) electrons. The number of hydrogen-bond acceptors (Lipinski definition) is 7. The zero-order valence-corrected chi connectivity index (χ0v) is 21.6. The maximum absolute atomic E-state index is 13.1. The third kappa shape index (κ3) is 4.88. The minimum absolute atomic E-state index is 0.00794. The molecule has 2 heterocycles. The first-order valence-corrected chi connectivity index (χ1v) is 12.3. The highest BCUT2D eigenvalue weighted by atomic mass is 32.2. The van der Waals surface area contributed by atoms with Crippen LogP contribution in [0.25, 0.3) is 6.08 Å². The van der Waals surface area contributed by atoms with Gasteiger partial charge < -0.3 is 10.1 Å². The SMILES string of the molecule is CCC(C)N1C(=O)/C(=C\c2c(C)c(C#N)c(=O)n(CC)c2NCc2ccc(OC)cc2)SC1=S. The molecule has 1 saturated heterocycles. The van der Waals surface area contributed by atoms with Crippen LogP contribution in [0.3, 0.4) is 0 Å². The third-order valence-corrected chi connectivity index (χ3v) is 7.27. The van der Waals surface area contributed by atoms with Gasteiger partial charge in [-0.3, -0.25) is 19.1 Å². The lowest BCUT2D eigenvalue weighted by Crippen LogP contribution is -2.36. The average Bonchev–Trinajstić information content (AvgIpc) is 3.12. The number of pyridine rings is 1. The second-order valence-corrected chi connectivity index (χ2v) is 9.61. The number of carbonyl (C=O) groups excluding carboxylic acids is 1. The smallest absolute Gasteiger partial charge is 0.270 e. The number of benzene rings is 1. The van der Waals surface area contributed by atoms with Crippen LogP contribution in [0, 0.1) is 18.3 Å². The highest BCUT2D eigenvalue weighted by Crippen LogP contribution is 2.36. The predicted molar refractivity (Wildman–Crippen MR) is 141 cm³/mol. The van der Waals surface area contributed by atoms with Crippen LogP contribution in [-0.2, 0) is 17.9 Å². The Morgan fingerprint density at radius 1 is 1.26 bits per heavy atom. The van der Waals surface area contributed by atoms with Gasteiger partial charge in [0, 0.05) is 24.7 Å². The maximum Gasteiger partial charge on any atom is 0.270 e. The summed E-state index contributed by atoms with van der Waals surface area (Å²) in [7, 11) is 1.61. The number of nitrogens with zero attached hydrogens (tertiary/aromatic N) is 3. The second-order valence-electron chi connectivity index (χ2n) is 7.93. The van der Waals surface area contributed by atoms with Crippen molar-refractivity contribution in [1.29, 1.82) is 5.26 Å². The van der Waals surface area contributed by atoms with Gasteiger partial charge in [-0.1, -0.05) is 43.0 Å². The monoisotopic (exact) mass is 496 g/mol. The van der Waals surface area contributed by atoms with Crippen molar-refractivity contribution in [2.24, 2.45) is 0 Å². The Bertz CT molecular complexity index is 1240. The van der Waals surface area contributed by atoms with E-state index in [1.165, 1.54) is 16.3 Å². The maximum atomic E-state index is 13.1. The number of nitriles is 1. The highest BCUT2D eigenvalue weighted by Gasteiger charge is 2.35. The van der Waals surface area contributed by atoms with Crippen molar-refractivity contribution in [3.63, 3.8) is 0 Å². The number of hydrogen-bond donors (Lipinski definition) is 1. The summed E-state index contributed by atoms with van der Waals surface area (Å²) in [6.07, 6.45) is 2.53. The second kappa shape index (κ2) is 10.9. The van der Waals surface area contributed by atoms with Crippen molar-refractivity contribution in [3.8, 4) is 11.8 Å². The summed E-state index contributed by atoms with van der Waals surface area (Å²) in [5.41, 5.74) is 1.87. The topological polar surface area (TPSA) is 87.4 Å². The van der Waals surface area contributed by atoms with Gasteiger partial charge in [0.2, 0.25) is 0 Å². The van der Waals surface area contributed by atoms with Crippen molar-refractivity contribution < 1.29 is 9.53 Å². The molecule has 1 unspecified atom stereocenters. The molecule has 0 spiro atoms. The summed E-state index contributed by atoms with van der Waals surface area (Å²) in [6.45, 7) is 8.37. The van der Waals surface area contributed by atoms with Gasteiger partial charge in [0.25, 0.3) is 11.5 Å². The number of methoxy groups -OCH3 is 1. The number of carbonyl (C=O) groups is 1. The lowest BCUT2D eigenvalue weighted by molar-refractivity contribution is -0.123. The summed E-state index contributed by atoms with van der Waals surface area (Å²) < 4.78 is 7.27. The van der Waals surface area contributed by atoms with Crippen LogP contribution in [0.15, 0.2) is 34.0 Å². The molecule has 7 nitrogen and oxygen atoms in total. The molecule has 3 rings (SSSR count). The zero-order valence-electron chi connectivity index (χ0n) is 20.0. The molecular formula is C25H28N4O3S2. The standard InChI is InChI=1S/C25H28N4O3S2/c1-6-15(3)29-24(31)21(34-25(29)33)12-19-16(4)20(13-26)23(30)28(7-2)22(19)27-14-17-8-10-18(32-5)11-9-17/h8-12,15,27H,6-7,14H2,1-5H3/b21-12+. The van der Waals surface area contributed by atoms with E-state index in [1.54, 1.807) is 25.0 Å². The summed E-state index contributed by atoms with van der Waals surface area (Å²) in [5.74, 6) is 1.17. The number of thiocarbonyl (C=S) groups is 1. The third-order valence-electron chi connectivity index (χ3n) is 5.94. The number of nitrogens with one attached hydrogen (secondary N) is 1. The summed E-state index contributed by atoms with van der Waals surface area (Å²) in [5, 5.41) is 13.0. The van der Waals surface area contributed by atoms with Crippen LogP contribution in [0.1, 0.15) is 49.4 Å². The van der Waals surface area contributed by atoms with Crippen LogP contribution in [-0.4, -0.2) is 32.8 Å². The Morgan fingerprint density at radius 3 is 2.50 bits per heavy atom. The van der Waals surface area contributed by atoms with E-state index < -0.39 is 0 Å². The molecule has 9 heteroatoms. The number of aromatic nitrogens is 1. The quantitative estimate of drug-likeness (QED) is 0.420. The van der Waals surface area contributed by atoms with Gasteiger partial charge in [0.1, 0.15) is 27.5 Å². The Balaban J connectivity index is 2.10. The molecule has 0 saturated carbocycles. The predicted octanol–water partition coefficient (Wildman–Crippen LogP) is 4.67. The van der Waals surface area contributed by atoms with Gasteiger partial charge in [0.15, 0.2) is 0 Å². The summed E-state index contributed by atoms with van der Waals surface area (Å²) >= 11 is 6.71. The number of amides is 1. The van der Waals surface area contributed by atoms with Crippen molar-refractivity contribution in [3.05, 3.63) is 61.8 Å². The van der Waals surface area contributed by atoms with Crippen LogP contribution in [0.5, 0.6) is 5.75 Å². The largest absolute Gasteiger partial charge is 0.497 e. The van der Waals surface area contributed by atoms with Crippen molar-refractivity contribution in [2.75, 3.05) is 12.4 Å². The molecule has 178 valence electrons. The van der Waals surface area contributed by atoms with E-state index in [-0.39, 0.29) is 23.1 Å². The molecule has 0 bridgehead atoms. The average molecular weight is 497 g/mol. The number of anilines is 1. The lowest BCUT2D eigenvalue weighted by Gasteiger charge is -2.21. The van der Waals surface area contributed by atoms with E-state index in [1.807, 2.05) is 51.1 Å². The zero-order chi connectivity index (χ0) is 25.0. The molecule has 34 heavy (non-hydrogen) atoms. The molecule has 1 aliphatic heterocycles. The van der Waals surface area contributed by atoms with E-state index in [2.05, 4.69) is 5.32 Å². The molecule has 1 amide bonds. The van der Waals surface area contributed by atoms with Crippen molar-refractivity contribution in [1.82, 2.24) is 9.47 Å². The van der Waals surface area contributed by atoms with Gasteiger partial charge in [-0.05, 0) is 56.5 Å².